The van der Waals surface area contributed by atoms with Crippen LogP contribution in [0.3, 0.4) is 0 Å². The molecule has 2 aromatic heterocycles. The van der Waals surface area contributed by atoms with Crippen LogP contribution in [0.5, 0.6) is 0 Å². The first kappa shape index (κ1) is 11.8. The van der Waals surface area contributed by atoms with Crippen molar-refractivity contribution in [2.24, 2.45) is 11.8 Å². The molecule has 0 amide bonds. The molecule has 5 heteroatoms. The molecule has 2 heterocycles. The molecule has 0 saturated heterocycles. The lowest BCUT2D eigenvalue weighted by Crippen LogP contribution is -2.24. The van der Waals surface area contributed by atoms with Crippen molar-refractivity contribution in [2.45, 2.75) is 39.7 Å². The molecular weight excluding hydrogens is 244 g/mol. The third-order valence-corrected chi connectivity index (χ3v) is 5.08. The lowest BCUT2D eigenvalue weighted by molar-refractivity contribution is 0.435. The van der Waals surface area contributed by atoms with E-state index in [0.29, 0.717) is 12.0 Å². The number of rotatable bonds is 2. The van der Waals surface area contributed by atoms with Gasteiger partial charge in [0.05, 0.1) is 11.1 Å². The van der Waals surface area contributed by atoms with Crippen LogP contribution in [0.25, 0.3) is 10.2 Å². The maximum Gasteiger partial charge on any atom is 0.149 e. The van der Waals surface area contributed by atoms with E-state index in [1.54, 1.807) is 6.33 Å². The first-order valence-corrected chi connectivity index (χ1v) is 7.27. The first-order chi connectivity index (χ1) is 8.66. The summed E-state index contributed by atoms with van der Waals surface area (Å²) in [6, 6.07) is 0.525. The second-order valence-electron chi connectivity index (χ2n) is 5.33. The van der Waals surface area contributed by atoms with Gasteiger partial charge in [0.25, 0.3) is 0 Å². The summed E-state index contributed by atoms with van der Waals surface area (Å²) in [4.78, 5) is 9.66. The molecule has 1 N–H and O–H groups in total. The van der Waals surface area contributed by atoms with E-state index in [1.165, 1.54) is 24.4 Å². The van der Waals surface area contributed by atoms with Crippen molar-refractivity contribution in [3.63, 3.8) is 0 Å². The number of hydrogen-bond acceptors (Lipinski definition) is 5. The van der Waals surface area contributed by atoms with Crippen LogP contribution in [-0.4, -0.2) is 20.4 Å². The Hall–Kier alpha value is -1.23. The monoisotopic (exact) mass is 262 g/mol. The quantitative estimate of drug-likeness (QED) is 0.902. The zero-order valence-corrected chi connectivity index (χ0v) is 11.8. The molecule has 1 aliphatic rings. The van der Waals surface area contributed by atoms with E-state index in [0.717, 1.165) is 27.6 Å². The van der Waals surface area contributed by atoms with E-state index in [4.69, 9.17) is 0 Å². The highest BCUT2D eigenvalue weighted by atomic mass is 32.1. The van der Waals surface area contributed by atoms with Gasteiger partial charge >= 0.3 is 0 Å². The molecule has 0 aliphatic heterocycles. The molecule has 1 fully saturated rings. The van der Waals surface area contributed by atoms with Crippen molar-refractivity contribution in [1.82, 2.24) is 14.3 Å². The lowest BCUT2D eigenvalue weighted by atomic mass is 9.98. The number of anilines is 1. The van der Waals surface area contributed by atoms with Crippen LogP contribution in [-0.2, 0) is 0 Å². The highest BCUT2D eigenvalue weighted by Gasteiger charge is 2.30. The maximum atomic E-state index is 4.41. The van der Waals surface area contributed by atoms with Crippen molar-refractivity contribution in [3.8, 4) is 0 Å². The lowest BCUT2D eigenvalue weighted by Gasteiger charge is -2.20. The van der Waals surface area contributed by atoms with Gasteiger partial charge in [-0.05, 0) is 43.1 Å². The van der Waals surface area contributed by atoms with Crippen molar-refractivity contribution in [2.75, 3.05) is 5.32 Å². The summed E-state index contributed by atoms with van der Waals surface area (Å²) >= 11 is 1.45. The van der Waals surface area contributed by atoms with Crippen LogP contribution in [0, 0.1) is 18.8 Å². The van der Waals surface area contributed by atoms with Gasteiger partial charge in [0.1, 0.15) is 17.0 Å². The summed E-state index contributed by atoms with van der Waals surface area (Å²) in [7, 11) is 0. The van der Waals surface area contributed by atoms with Gasteiger partial charge < -0.3 is 5.32 Å². The van der Waals surface area contributed by atoms with Crippen molar-refractivity contribution < 1.29 is 0 Å². The molecular formula is C13H18N4S. The predicted molar refractivity (Wildman–Crippen MR) is 74.9 cm³/mol. The van der Waals surface area contributed by atoms with Gasteiger partial charge in [-0.1, -0.05) is 13.8 Å². The minimum atomic E-state index is 0.525. The van der Waals surface area contributed by atoms with E-state index in [2.05, 4.69) is 33.5 Å². The zero-order valence-electron chi connectivity index (χ0n) is 11.0. The summed E-state index contributed by atoms with van der Waals surface area (Å²) in [6.45, 7) is 6.68. The van der Waals surface area contributed by atoms with Gasteiger partial charge in [0.2, 0.25) is 0 Å². The van der Waals surface area contributed by atoms with E-state index in [1.807, 2.05) is 6.92 Å². The van der Waals surface area contributed by atoms with E-state index in [9.17, 15) is 0 Å². The molecule has 3 atom stereocenters. The van der Waals surface area contributed by atoms with E-state index >= 15 is 0 Å². The number of hydrogen-bond donors (Lipinski definition) is 1. The fourth-order valence-electron chi connectivity index (χ4n) is 2.78. The van der Waals surface area contributed by atoms with Gasteiger partial charge in [-0.25, -0.2) is 9.97 Å². The maximum absolute atomic E-state index is 4.41. The molecule has 0 spiro atoms. The molecule has 1 aliphatic carbocycles. The minimum absolute atomic E-state index is 0.525. The molecule has 0 bridgehead atoms. The molecule has 96 valence electrons. The predicted octanol–water partition coefficient (Wildman–Crippen LogP) is 3.24. The highest BCUT2D eigenvalue weighted by Crippen LogP contribution is 2.34. The molecule has 0 radical (unpaired) electrons. The van der Waals surface area contributed by atoms with Crippen LogP contribution < -0.4 is 5.32 Å². The average Bonchev–Trinajstić information content (AvgIpc) is 2.89. The fourth-order valence-corrected chi connectivity index (χ4v) is 3.52. The van der Waals surface area contributed by atoms with Crippen molar-refractivity contribution >= 4 is 27.6 Å². The smallest absolute Gasteiger partial charge is 0.149 e. The fraction of sp³-hybridized carbons (Fsp3) is 0.615. The van der Waals surface area contributed by atoms with Crippen molar-refractivity contribution in [1.29, 1.82) is 0 Å². The van der Waals surface area contributed by atoms with Gasteiger partial charge in [-0.3, -0.25) is 0 Å². The third kappa shape index (κ3) is 1.86. The van der Waals surface area contributed by atoms with Crippen LogP contribution in [0.4, 0.5) is 5.82 Å². The zero-order chi connectivity index (χ0) is 12.7. The Kier molecular flexibility index (Phi) is 2.93. The minimum Gasteiger partial charge on any atom is -0.366 e. The second kappa shape index (κ2) is 4.46. The number of aromatic nitrogens is 3. The van der Waals surface area contributed by atoms with Crippen LogP contribution in [0.15, 0.2) is 6.33 Å². The molecule has 1 saturated carbocycles. The molecule has 3 rings (SSSR count). The topological polar surface area (TPSA) is 50.7 Å². The molecule has 4 nitrogen and oxygen atoms in total. The molecule has 18 heavy (non-hydrogen) atoms. The Morgan fingerprint density at radius 2 is 2.11 bits per heavy atom. The Labute approximate surface area is 111 Å². The van der Waals surface area contributed by atoms with Gasteiger partial charge in [-0.2, -0.15) is 4.37 Å². The van der Waals surface area contributed by atoms with Gasteiger partial charge in [0.15, 0.2) is 0 Å². The van der Waals surface area contributed by atoms with E-state index in [-0.39, 0.29) is 0 Å². The standard InChI is InChI=1S/C13H18N4S/c1-7-4-5-10(8(7)2)16-12-11-9(3)17-18-13(11)15-6-14-12/h6-8,10H,4-5H2,1-3H3,(H,14,15,16). The Morgan fingerprint density at radius 1 is 1.28 bits per heavy atom. The largest absolute Gasteiger partial charge is 0.366 e. The second-order valence-corrected chi connectivity index (χ2v) is 6.09. The van der Waals surface area contributed by atoms with Crippen LogP contribution in [0.1, 0.15) is 32.4 Å². The highest BCUT2D eigenvalue weighted by molar-refractivity contribution is 7.13. The summed E-state index contributed by atoms with van der Waals surface area (Å²) in [5, 5.41) is 4.70. The van der Waals surface area contributed by atoms with Crippen LogP contribution >= 0.6 is 11.5 Å². The first-order valence-electron chi connectivity index (χ1n) is 6.50. The normalized spacial score (nSPS) is 27.8. The molecule has 0 aromatic carbocycles. The summed E-state index contributed by atoms with van der Waals surface area (Å²) in [5.74, 6) is 2.45. The summed E-state index contributed by atoms with van der Waals surface area (Å²) < 4.78 is 4.36. The number of fused-ring (bicyclic) bond motifs is 1. The summed E-state index contributed by atoms with van der Waals surface area (Å²) in [6.07, 6.45) is 4.16. The Morgan fingerprint density at radius 3 is 2.83 bits per heavy atom. The summed E-state index contributed by atoms with van der Waals surface area (Å²) in [5.41, 5.74) is 1.02. The number of aryl methyl sites for hydroxylation is 1. The SMILES string of the molecule is Cc1nsc2ncnc(NC3CCC(C)C3C)c12. The van der Waals surface area contributed by atoms with Crippen molar-refractivity contribution in [3.05, 3.63) is 12.0 Å². The molecule has 3 unspecified atom stereocenters. The van der Waals surface area contributed by atoms with Crippen LogP contribution in [0.2, 0.25) is 0 Å². The Balaban J connectivity index is 1.93. The van der Waals surface area contributed by atoms with Gasteiger partial charge in [-0.15, -0.1) is 0 Å². The number of nitrogens with one attached hydrogen (secondary N) is 1. The van der Waals surface area contributed by atoms with E-state index < -0.39 is 0 Å². The Bertz CT molecular complexity index is 565. The average molecular weight is 262 g/mol. The molecule has 2 aromatic rings. The third-order valence-electron chi connectivity index (χ3n) is 4.23. The number of nitrogens with zero attached hydrogens (tertiary/aromatic N) is 3. The van der Waals surface area contributed by atoms with Gasteiger partial charge in [0, 0.05) is 6.04 Å².